The van der Waals surface area contributed by atoms with Crippen molar-refractivity contribution in [2.24, 2.45) is 0 Å². The van der Waals surface area contributed by atoms with Gasteiger partial charge in [0.2, 0.25) is 0 Å². The van der Waals surface area contributed by atoms with Crippen LogP contribution in [0.4, 0.5) is 5.82 Å². The number of pyridine rings is 1. The molecule has 0 bridgehead atoms. The van der Waals surface area contributed by atoms with Gasteiger partial charge in [-0.2, -0.15) is 5.26 Å². The highest BCUT2D eigenvalue weighted by molar-refractivity contribution is 5.58. The third-order valence-corrected chi connectivity index (χ3v) is 2.83. The number of ether oxygens (including phenoxy) is 1. The predicted molar refractivity (Wildman–Crippen MR) is 72.8 cm³/mol. The van der Waals surface area contributed by atoms with E-state index in [4.69, 9.17) is 4.74 Å². The van der Waals surface area contributed by atoms with Gasteiger partial charge in [0, 0.05) is 25.4 Å². The summed E-state index contributed by atoms with van der Waals surface area (Å²) in [5.74, 6) is 0.775. The lowest BCUT2D eigenvalue weighted by Gasteiger charge is -2.23. The maximum Gasteiger partial charge on any atom is 0.147 e. The van der Waals surface area contributed by atoms with Crippen molar-refractivity contribution in [1.29, 1.82) is 5.26 Å². The molecule has 0 saturated heterocycles. The molecule has 18 heavy (non-hydrogen) atoms. The lowest BCUT2D eigenvalue weighted by atomic mass is 10.1. The van der Waals surface area contributed by atoms with Gasteiger partial charge in [0.25, 0.3) is 0 Å². The van der Waals surface area contributed by atoms with Gasteiger partial charge in [-0.25, -0.2) is 4.98 Å². The average Bonchev–Trinajstić information content (AvgIpc) is 2.34. The lowest BCUT2D eigenvalue weighted by molar-refractivity contribution is 0.154. The van der Waals surface area contributed by atoms with E-state index in [-0.39, 0.29) is 0 Å². The second-order valence-electron chi connectivity index (χ2n) is 4.17. The maximum absolute atomic E-state index is 9.26. The molecule has 0 aliphatic rings. The first-order chi connectivity index (χ1) is 8.63. The molecule has 0 atom stereocenters. The van der Waals surface area contributed by atoms with Crippen LogP contribution in [0.3, 0.4) is 0 Å². The average molecular weight is 247 g/mol. The standard InChI is InChI=1S/C14H21N3O/c1-5-17(7-8-18-6-2)14-13(10-15)11(3)9-12(4)16-14/h9H,5-8H2,1-4H3. The summed E-state index contributed by atoms with van der Waals surface area (Å²) >= 11 is 0. The Kier molecular flexibility index (Phi) is 5.60. The summed E-state index contributed by atoms with van der Waals surface area (Å²) in [6, 6.07) is 4.19. The second-order valence-corrected chi connectivity index (χ2v) is 4.17. The van der Waals surface area contributed by atoms with Gasteiger partial charge in [0.05, 0.1) is 12.2 Å². The summed E-state index contributed by atoms with van der Waals surface area (Å²) < 4.78 is 5.37. The number of aromatic nitrogens is 1. The van der Waals surface area contributed by atoms with Crippen LogP contribution in [0.25, 0.3) is 0 Å². The molecule has 0 N–H and O–H groups in total. The topological polar surface area (TPSA) is 49.1 Å². The van der Waals surface area contributed by atoms with E-state index < -0.39 is 0 Å². The van der Waals surface area contributed by atoms with Gasteiger partial charge in [0.1, 0.15) is 11.9 Å². The fraction of sp³-hybridized carbons (Fsp3) is 0.571. The zero-order chi connectivity index (χ0) is 13.5. The van der Waals surface area contributed by atoms with Crippen LogP contribution in [0.2, 0.25) is 0 Å². The number of anilines is 1. The Morgan fingerprint density at radius 2 is 2.11 bits per heavy atom. The molecule has 0 amide bonds. The molecule has 0 fully saturated rings. The van der Waals surface area contributed by atoms with Gasteiger partial charge in [-0.1, -0.05) is 0 Å². The van der Waals surface area contributed by atoms with Crippen molar-refractivity contribution in [3.8, 4) is 6.07 Å². The molecule has 0 radical (unpaired) electrons. The summed E-state index contributed by atoms with van der Waals surface area (Å²) in [7, 11) is 0. The van der Waals surface area contributed by atoms with Crippen molar-refractivity contribution in [3.05, 3.63) is 22.9 Å². The third-order valence-electron chi connectivity index (χ3n) is 2.83. The Morgan fingerprint density at radius 1 is 1.39 bits per heavy atom. The number of nitriles is 1. The Balaban J connectivity index is 3.01. The predicted octanol–water partition coefficient (Wildman–Crippen LogP) is 2.43. The van der Waals surface area contributed by atoms with Crippen LogP contribution in [0, 0.1) is 25.2 Å². The maximum atomic E-state index is 9.26. The highest BCUT2D eigenvalue weighted by atomic mass is 16.5. The van der Waals surface area contributed by atoms with E-state index in [1.54, 1.807) is 0 Å². The molecular formula is C14H21N3O. The SMILES string of the molecule is CCOCCN(CC)c1nc(C)cc(C)c1C#N. The van der Waals surface area contributed by atoms with Crippen LogP contribution in [0.15, 0.2) is 6.07 Å². The summed E-state index contributed by atoms with van der Waals surface area (Å²) in [6.07, 6.45) is 0. The molecule has 0 aromatic carbocycles. The van der Waals surface area contributed by atoms with Crippen LogP contribution in [0.1, 0.15) is 30.7 Å². The van der Waals surface area contributed by atoms with E-state index in [0.29, 0.717) is 18.8 Å². The largest absolute Gasteiger partial charge is 0.380 e. The van der Waals surface area contributed by atoms with Gasteiger partial charge < -0.3 is 9.64 Å². The van der Waals surface area contributed by atoms with E-state index in [9.17, 15) is 5.26 Å². The Labute approximate surface area is 109 Å². The van der Waals surface area contributed by atoms with Crippen molar-refractivity contribution in [2.75, 3.05) is 31.2 Å². The first-order valence-electron chi connectivity index (χ1n) is 6.35. The molecule has 0 spiro atoms. The van der Waals surface area contributed by atoms with Crippen LogP contribution in [-0.4, -0.2) is 31.3 Å². The summed E-state index contributed by atoms with van der Waals surface area (Å²) in [4.78, 5) is 6.59. The number of likely N-dealkylation sites (N-methyl/N-ethyl adjacent to an activating group) is 1. The number of hydrogen-bond donors (Lipinski definition) is 0. The van der Waals surface area contributed by atoms with Gasteiger partial charge in [-0.15, -0.1) is 0 Å². The van der Waals surface area contributed by atoms with E-state index in [0.717, 1.165) is 30.2 Å². The van der Waals surface area contributed by atoms with Crippen molar-refractivity contribution < 1.29 is 4.74 Å². The fourth-order valence-corrected chi connectivity index (χ4v) is 1.92. The summed E-state index contributed by atoms with van der Waals surface area (Å²) in [6.45, 7) is 10.9. The van der Waals surface area contributed by atoms with E-state index in [2.05, 4.69) is 22.9 Å². The number of aryl methyl sites for hydroxylation is 2. The highest BCUT2D eigenvalue weighted by Crippen LogP contribution is 2.21. The van der Waals surface area contributed by atoms with Gasteiger partial charge in [0.15, 0.2) is 0 Å². The van der Waals surface area contributed by atoms with Gasteiger partial charge >= 0.3 is 0 Å². The molecule has 4 nitrogen and oxygen atoms in total. The molecule has 0 aliphatic carbocycles. The summed E-state index contributed by atoms with van der Waals surface area (Å²) in [5.41, 5.74) is 2.59. The molecule has 1 aromatic rings. The molecule has 98 valence electrons. The smallest absolute Gasteiger partial charge is 0.147 e. The fourth-order valence-electron chi connectivity index (χ4n) is 1.92. The Hall–Kier alpha value is -1.60. The number of rotatable bonds is 6. The number of nitrogens with zero attached hydrogens (tertiary/aromatic N) is 3. The minimum absolute atomic E-state index is 0.657. The molecule has 4 heteroatoms. The van der Waals surface area contributed by atoms with Crippen LogP contribution in [-0.2, 0) is 4.74 Å². The van der Waals surface area contributed by atoms with Gasteiger partial charge in [-0.3, -0.25) is 0 Å². The lowest BCUT2D eigenvalue weighted by Crippen LogP contribution is -2.29. The zero-order valence-corrected chi connectivity index (χ0v) is 11.7. The van der Waals surface area contributed by atoms with E-state index in [1.807, 2.05) is 26.8 Å². The minimum atomic E-state index is 0.657. The number of hydrogen-bond acceptors (Lipinski definition) is 4. The van der Waals surface area contributed by atoms with Gasteiger partial charge in [-0.05, 0) is 39.3 Å². The minimum Gasteiger partial charge on any atom is -0.380 e. The van der Waals surface area contributed by atoms with E-state index in [1.165, 1.54) is 0 Å². The molecular weight excluding hydrogens is 226 g/mol. The Morgan fingerprint density at radius 3 is 2.67 bits per heavy atom. The Bertz CT molecular complexity index is 437. The zero-order valence-electron chi connectivity index (χ0n) is 11.7. The van der Waals surface area contributed by atoms with Crippen LogP contribution in [0.5, 0.6) is 0 Å². The first kappa shape index (κ1) is 14.5. The highest BCUT2D eigenvalue weighted by Gasteiger charge is 2.14. The van der Waals surface area contributed by atoms with Crippen molar-refractivity contribution in [1.82, 2.24) is 4.98 Å². The third kappa shape index (κ3) is 3.44. The molecule has 0 unspecified atom stereocenters. The molecule has 1 heterocycles. The first-order valence-corrected chi connectivity index (χ1v) is 6.35. The summed E-state index contributed by atoms with van der Waals surface area (Å²) in [5, 5.41) is 9.26. The van der Waals surface area contributed by atoms with Crippen LogP contribution < -0.4 is 4.90 Å². The normalized spacial score (nSPS) is 10.2. The molecule has 0 saturated carbocycles. The monoisotopic (exact) mass is 247 g/mol. The second kappa shape index (κ2) is 6.97. The molecule has 1 rings (SSSR count). The van der Waals surface area contributed by atoms with Crippen molar-refractivity contribution >= 4 is 5.82 Å². The van der Waals surface area contributed by atoms with Crippen molar-refractivity contribution in [3.63, 3.8) is 0 Å². The van der Waals surface area contributed by atoms with E-state index >= 15 is 0 Å². The molecule has 0 aliphatic heterocycles. The van der Waals surface area contributed by atoms with Crippen LogP contribution >= 0.6 is 0 Å². The molecule has 1 aromatic heterocycles. The quantitative estimate of drug-likeness (QED) is 0.724. The van der Waals surface area contributed by atoms with Crippen molar-refractivity contribution in [2.45, 2.75) is 27.7 Å².